The second-order valence-electron chi connectivity index (χ2n) is 7.82. The van der Waals surface area contributed by atoms with Gasteiger partial charge in [0.15, 0.2) is 0 Å². The highest BCUT2D eigenvalue weighted by atomic mass is 16.2. The van der Waals surface area contributed by atoms with Crippen molar-refractivity contribution < 1.29 is 9.59 Å². The lowest BCUT2D eigenvalue weighted by atomic mass is 9.88. The van der Waals surface area contributed by atoms with Crippen LogP contribution in [0.25, 0.3) is 0 Å². The summed E-state index contributed by atoms with van der Waals surface area (Å²) in [7, 11) is 0. The van der Waals surface area contributed by atoms with Gasteiger partial charge in [-0.2, -0.15) is 0 Å². The van der Waals surface area contributed by atoms with E-state index >= 15 is 0 Å². The Kier molecular flexibility index (Phi) is 7.28. The molecule has 0 saturated carbocycles. The first-order chi connectivity index (χ1) is 14.1. The summed E-state index contributed by atoms with van der Waals surface area (Å²) in [5, 5.41) is 6.11. The predicted molar refractivity (Wildman–Crippen MR) is 115 cm³/mol. The number of benzene rings is 2. The molecular formula is C24H31N3O2. The van der Waals surface area contributed by atoms with Gasteiger partial charge in [0.25, 0.3) is 0 Å². The number of piperidine rings is 1. The summed E-state index contributed by atoms with van der Waals surface area (Å²) in [5.41, 5.74) is 2.17. The number of hydrogen-bond donors (Lipinski definition) is 2. The number of nitrogens with zero attached hydrogens (tertiary/aromatic N) is 1. The summed E-state index contributed by atoms with van der Waals surface area (Å²) in [6, 6.07) is 20.0. The van der Waals surface area contributed by atoms with Crippen LogP contribution in [0.4, 0.5) is 4.79 Å². The van der Waals surface area contributed by atoms with E-state index in [4.69, 9.17) is 0 Å². The Hall–Kier alpha value is -2.82. The molecule has 2 aromatic rings. The molecule has 1 saturated heterocycles. The minimum atomic E-state index is -0.175. The number of urea groups is 1. The first-order valence-electron chi connectivity index (χ1n) is 10.5. The number of carbonyl (C=O) groups excluding carboxylic acids is 2. The lowest BCUT2D eigenvalue weighted by Crippen LogP contribution is -2.50. The molecule has 3 atom stereocenters. The Balaban J connectivity index is 1.72. The van der Waals surface area contributed by atoms with E-state index in [-0.39, 0.29) is 29.9 Å². The molecule has 1 fully saturated rings. The summed E-state index contributed by atoms with van der Waals surface area (Å²) in [6.45, 7) is 4.97. The van der Waals surface area contributed by atoms with Crippen LogP contribution in [-0.2, 0) is 11.3 Å². The quantitative estimate of drug-likeness (QED) is 0.770. The summed E-state index contributed by atoms with van der Waals surface area (Å²) in [5.74, 6) is -0.127. The van der Waals surface area contributed by atoms with Crippen LogP contribution in [0.15, 0.2) is 60.7 Å². The number of carbonyl (C=O) groups is 2. The number of likely N-dealkylation sites (tertiary alicyclic amines) is 1. The van der Waals surface area contributed by atoms with Gasteiger partial charge in [-0.15, -0.1) is 0 Å². The van der Waals surface area contributed by atoms with Gasteiger partial charge in [0.1, 0.15) is 0 Å². The molecule has 3 amide bonds. The van der Waals surface area contributed by atoms with E-state index in [0.717, 1.165) is 30.4 Å². The molecule has 2 N–H and O–H groups in total. The molecule has 5 heteroatoms. The predicted octanol–water partition coefficient (Wildman–Crippen LogP) is 4.26. The SMILES string of the molecule is CC[C@H](C)NC(=O)[C@@H]1CC[C@@H](c2ccccc2)N(C(=O)NCc2ccccc2)C1. The highest BCUT2D eigenvalue weighted by Crippen LogP contribution is 2.33. The zero-order valence-electron chi connectivity index (χ0n) is 17.3. The van der Waals surface area contributed by atoms with Crippen molar-refractivity contribution in [3.05, 3.63) is 71.8 Å². The Morgan fingerprint density at radius 1 is 1.03 bits per heavy atom. The lowest BCUT2D eigenvalue weighted by Gasteiger charge is -2.39. The van der Waals surface area contributed by atoms with Crippen molar-refractivity contribution in [3.8, 4) is 0 Å². The zero-order chi connectivity index (χ0) is 20.6. The molecule has 5 nitrogen and oxygen atoms in total. The zero-order valence-corrected chi connectivity index (χ0v) is 17.3. The summed E-state index contributed by atoms with van der Waals surface area (Å²) < 4.78 is 0. The van der Waals surface area contributed by atoms with Crippen molar-refractivity contribution in [3.63, 3.8) is 0 Å². The fraction of sp³-hybridized carbons (Fsp3) is 0.417. The molecule has 0 aromatic heterocycles. The maximum atomic E-state index is 13.1. The molecule has 2 aromatic carbocycles. The second kappa shape index (κ2) is 10.1. The number of amides is 3. The third kappa shape index (κ3) is 5.59. The smallest absolute Gasteiger partial charge is 0.318 e. The number of rotatable bonds is 6. The Morgan fingerprint density at radius 3 is 2.34 bits per heavy atom. The molecule has 0 bridgehead atoms. The minimum Gasteiger partial charge on any atom is -0.353 e. The molecule has 3 rings (SSSR count). The summed E-state index contributed by atoms with van der Waals surface area (Å²) in [4.78, 5) is 27.6. The molecule has 29 heavy (non-hydrogen) atoms. The molecule has 1 aliphatic heterocycles. The van der Waals surface area contributed by atoms with Crippen molar-refractivity contribution in [2.45, 2.75) is 51.7 Å². The van der Waals surface area contributed by atoms with Gasteiger partial charge < -0.3 is 15.5 Å². The molecule has 0 radical (unpaired) electrons. The van der Waals surface area contributed by atoms with Gasteiger partial charge >= 0.3 is 6.03 Å². The van der Waals surface area contributed by atoms with Crippen LogP contribution in [-0.4, -0.2) is 29.4 Å². The summed E-state index contributed by atoms with van der Waals surface area (Å²) >= 11 is 0. The van der Waals surface area contributed by atoms with Crippen LogP contribution in [0.1, 0.15) is 50.3 Å². The van der Waals surface area contributed by atoms with E-state index in [1.807, 2.05) is 60.4 Å². The monoisotopic (exact) mass is 393 g/mol. The first kappa shape index (κ1) is 20.9. The van der Waals surface area contributed by atoms with Gasteiger partial charge in [-0.25, -0.2) is 4.79 Å². The molecule has 154 valence electrons. The van der Waals surface area contributed by atoms with Crippen LogP contribution < -0.4 is 10.6 Å². The molecular weight excluding hydrogens is 362 g/mol. The van der Waals surface area contributed by atoms with Crippen LogP contribution in [0.3, 0.4) is 0 Å². The van der Waals surface area contributed by atoms with Crippen molar-refractivity contribution >= 4 is 11.9 Å². The Bertz CT molecular complexity index is 794. The van der Waals surface area contributed by atoms with Crippen LogP contribution in [0, 0.1) is 5.92 Å². The van der Waals surface area contributed by atoms with E-state index in [2.05, 4.69) is 29.7 Å². The van der Waals surface area contributed by atoms with Gasteiger partial charge in [0.2, 0.25) is 5.91 Å². The van der Waals surface area contributed by atoms with Crippen molar-refractivity contribution in [2.24, 2.45) is 5.92 Å². The fourth-order valence-corrected chi connectivity index (χ4v) is 3.77. The van der Waals surface area contributed by atoms with Crippen molar-refractivity contribution in [1.29, 1.82) is 0 Å². The topological polar surface area (TPSA) is 61.4 Å². The number of hydrogen-bond acceptors (Lipinski definition) is 2. The van der Waals surface area contributed by atoms with Crippen LogP contribution in [0.5, 0.6) is 0 Å². The highest BCUT2D eigenvalue weighted by molar-refractivity contribution is 5.81. The van der Waals surface area contributed by atoms with Crippen LogP contribution >= 0.6 is 0 Å². The largest absolute Gasteiger partial charge is 0.353 e. The van der Waals surface area contributed by atoms with Gasteiger partial charge in [-0.3, -0.25) is 4.79 Å². The molecule has 1 aliphatic rings. The third-order valence-electron chi connectivity index (χ3n) is 5.69. The maximum Gasteiger partial charge on any atom is 0.318 e. The third-order valence-corrected chi connectivity index (χ3v) is 5.69. The number of nitrogens with one attached hydrogen (secondary N) is 2. The first-order valence-corrected chi connectivity index (χ1v) is 10.5. The van der Waals surface area contributed by atoms with E-state index in [9.17, 15) is 9.59 Å². The molecule has 1 heterocycles. The minimum absolute atomic E-state index is 0.0142. The maximum absolute atomic E-state index is 13.1. The molecule has 0 spiro atoms. The van der Waals surface area contributed by atoms with E-state index in [1.165, 1.54) is 0 Å². The van der Waals surface area contributed by atoms with Gasteiger partial charge in [0, 0.05) is 19.1 Å². The van der Waals surface area contributed by atoms with E-state index in [0.29, 0.717) is 13.1 Å². The molecule has 0 unspecified atom stereocenters. The Morgan fingerprint density at radius 2 is 1.69 bits per heavy atom. The van der Waals surface area contributed by atoms with E-state index in [1.54, 1.807) is 0 Å². The standard InChI is InChI=1S/C24H31N3O2/c1-3-18(2)26-23(28)21-14-15-22(20-12-8-5-9-13-20)27(17-21)24(29)25-16-19-10-6-4-7-11-19/h4-13,18,21-22H,3,14-17H2,1-2H3,(H,25,29)(H,26,28)/t18-,21+,22-/m0/s1. The average Bonchev–Trinajstić information content (AvgIpc) is 2.78. The fourth-order valence-electron chi connectivity index (χ4n) is 3.77. The Labute approximate surface area is 173 Å². The van der Waals surface area contributed by atoms with Crippen LogP contribution in [0.2, 0.25) is 0 Å². The summed E-state index contributed by atoms with van der Waals surface area (Å²) in [6.07, 6.45) is 2.46. The van der Waals surface area contributed by atoms with Crippen molar-refractivity contribution in [2.75, 3.05) is 6.54 Å². The molecule has 0 aliphatic carbocycles. The lowest BCUT2D eigenvalue weighted by molar-refractivity contribution is -0.127. The van der Waals surface area contributed by atoms with Gasteiger partial charge in [0.05, 0.1) is 12.0 Å². The average molecular weight is 394 g/mol. The highest BCUT2D eigenvalue weighted by Gasteiger charge is 2.35. The van der Waals surface area contributed by atoms with Gasteiger partial charge in [-0.05, 0) is 37.3 Å². The van der Waals surface area contributed by atoms with E-state index < -0.39 is 0 Å². The van der Waals surface area contributed by atoms with Gasteiger partial charge in [-0.1, -0.05) is 67.6 Å². The van der Waals surface area contributed by atoms with Crippen molar-refractivity contribution in [1.82, 2.24) is 15.5 Å². The normalized spacial score (nSPS) is 20.0. The second-order valence-corrected chi connectivity index (χ2v) is 7.82.